The molecule has 7 nitrogen and oxygen atoms in total. The molecule has 4 rings (SSSR count). The second-order valence-electron chi connectivity index (χ2n) is 6.70. The fourth-order valence-corrected chi connectivity index (χ4v) is 4.45. The van der Waals surface area contributed by atoms with Gasteiger partial charge < -0.3 is 19.6 Å². The first kappa shape index (κ1) is 17.8. The summed E-state index contributed by atoms with van der Waals surface area (Å²) in [6.45, 7) is 3.12. The molecule has 1 fully saturated rings. The van der Waals surface area contributed by atoms with E-state index in [-0.39, 0.29) is 22.7 Å². The van der Waals surface area contributed by atoms with Gasteiger partial charge in [-0.3, -0.25) is 4.79 Å². The van der Waals surface area contributed by atoms with Crippen LogP contribution in [-0.4, -0.2) is 33.5 Å². The minimum absolute atomic E-state index is 0.0101. The summed E-state index contributed by atoms with van der Waals surface area (Å²) in [5.41, 5.74) is 1.62. The van der Waals surface area contributed by atoms with Crippen molar-refractivity contribution in [2.75, 3.05) is 18.4 Å². The molecule has 2 aliphatic rings. The lowest BCUT2D eigenvalue weighted by molar-refractivity contribution is -0.114. The molecule has 8 heteroatoms. The molecule has 2 aliphatic heterocycles. The van der Waals surface area contributed by atoms with Gasteiger partial charge in [-0.05, 0) is 43.3 Å². The molecule has 2 unspecified atom stereocenters. The number of ether oxygens (including phenoxy) is 1. The third-order valence-corrected chi connectivity index (χ3v) is 6.02. The van der Waals surface area contributed by atoms with Crippen molar-refractivity contribution in [3.8, 4) is 11.5 Å². The lowest BCUT2D eigenvalue weighted by Crippen LogP contribution is -2.39. The van der Waals surface area contributed by atoms with Crippen LogP contribution in [0.2, 0.25) is 0 Å². The molecule has 2 N–H and O–H groups in total. The van der Waals surface area contributed by atoms with Crippen molar-refractivity contribution in [1.82, 2.24) is 5.32 Å². The van der Waals surface area contributed by atoms with E-state index >= 15 is 0 Å². The van der Waals surface area contributed by atoms with Gasteiger partial charge in [0.1, 0.15) is 22.5 Å². The van der Waals surface area contributed by atoms with Gasteiger partial charge in [0, 0.05) is 36.7 Å². The van der Waals surface area contributed by atoms with E-state index in [1.165, 1.54) is 31.2 Å². The SMILES string of the molecule is CC(=O)Nc1ccc(S(=O)(=O)Oc2ccc3c(c2)OC2CNCCC32)cc1. The number of amides is 1. The third kappa shape index (κ3) is 3.63. The number of hydrogen-bond acceptors (Lipinski definition) is 6. The molecule has 2 heterocycles. The Labute approximate surface area is 157 Å². The van der Waals surface area contributed by atoms with Gasteiger partial charge in [0.05, 0.1) is 0 Å². The summed E-state index contributed by atoms with van der Waals surface area (Å²) >= 11 is 0. The lowest BCUT2D eigenvalue weighted by atomic mass is 9.90. The van der Waals surface area contributed by atoms with Crippen molar-refractivity contribution < 1.29 is 22.1 Å². The van der Waals surface area contributed by atoms with E-state index in [1.807, 2.05) is 6.07 Å². The van der Waals surface area contributed by atoms with Crippen LogP contribution in [0.1, 0.15) is 24.8 Å². The standard InChI is InChI=1S/C19H20N2O5S/c1-12(22)21-13-2-5-15(6-3-13)27(23,24)26-14-4-7-16-17-8-9-20-11-19(17)25-18(16)10-14/h2-7,10,17,19-20H,8-9,11H2,1H3,(H,21,22). The van der Waals surface area contributed by atoms with Crippen molar-refractivity contribution in [3.05, 3.63) is 48.0 Å². The second-order valence-corrected chi connectivity index (χ2v) is 8.24. The fourth-order valence-electron chi connectivity index (χ4n) is 3.53. The van der Waals surface area contributed by atoms with E-state index in [9.17, 15) is 13.2 Å². The Morgan fingerprint density at radius 2 is 2.00 bits per heavy atom. The maximum atomic E-state index is 12.5. The van der Waals surface area contributed by atoms with E-state index in [0.29, 0.717) is 17.4 Å². The smallest absolute Gasteiger partial charge is 0.339 e. The van der Waals surface area contributed by atoms with Crippen LogP contribution >= 0.6 is 0 Å². The topological polar surface area (TPSA) is 93.7 Å². The number of piperidine rings is 1. The first-order valence-electron chi connectivity index (χ1n) is 8.76. The van der Waals surface area contributed by atoms with Crippen molar-refractivity contribution in [2.45, 2.75) is 30.3 Å². The van der Waals surface area contributed by atoms with Crippen LogP contribution in [0.4, 0.5) is 5.69 Å². The van der Waals surface area contributed by atoms with Gasteiger partial charge in [-0.1, -0.05) is 6.07 Å². The van der Waals surface area contributed by atoms with Gasteiger partial charge >= 0.3 is 10.1 Å². The van der Waals surface area contributed by atoms with E-state index in [2.05, 4.69) is 10.6 Å². The Kier molecular flexibility index (Phi) is 4.53. The minimum Gasteiger partial charge on any atom is -0.488 e. The Morgan fingerprint density at radius 3 is 2.74 bits per heavy atom. The van der Waals surface area contributed by atoms with Gasteiger partial charge in [-0.25, -0.2) is 0 Å². The highest BCUT2D eigenvalue weighted by molar-refractivity contribution is 7.87. The zero-order valence-corrected chi connectivity index (χ0v) is 15.6. The molecule has 0 radical (unpaired) electrons. The van der Waals surface area contributed by atoms with Crippen molar-refractivity contribution in [3.63, 3.8) is 0 Å². The number of carbonyl (C=O) groups is 1. The highest BCUT2D eigenvalue weighted by Crippen LogP contribution is 2.43. The van der Waals surface area contributed by atoms with Gasteiger partial charge in [0.15, 0.2) is 0 Å². The van der Waals surface area contributed by atoms with E-state index < -0.39 is 10.1 Å². The van der Waals surface area contributed by atoms with Crippen LogP contribution in [0, 0.1) is 0 Å². The number of hydrogen-bond donors (Lipinski definition) is 2. The lowest BCUT2D eigenvalue weighted by Gasteiger charge is -2.24. The molecule has 27 heavy (non-hydrogen) atoms. The van der Waals surface area contributed by atoms with E-state index in [4.69, 9.17) is 8.92 Å². The molecule has 0 saturated carbocycles. The zero-order valence-electron chi connectivity index (χ0n) is 14.8. The van der Waals surface area contributed by atoms with Gasteiger partial charge in [0.25, 0.3) is 0 Å². The summed E-state index contributed by atoms with van der Waals surface area (Å²) < 4.78 is 36.3. The monoisotopic (exact) mass is 388 g/mol. The Morgan fingerprint density at radius 1 is 1.22 bits per heavy atom. The highest BCUT2D eigenvalue weighted by atomic mass is 32.2. The summed E-state index contributed by atoms with van der Waals surface area (Å²) in [7, 11) is -3.98. The number of fused-ring (bicyclic) bond motifs is 3. The van der Waals surface area contributed by atoms with Crippen molar-refractivity contribution in [1.29, 1.82) is 0 Å². The number of anilines is 1. The molecule has 0 aromatic heterocycles. The van der Waals surface area contributed by atoms with Crippen LogP contribution in [-0.2, 0) is 14.9 Å². The molecule has 2 aromatic carbocycles. The van der Waals surface area contributed by atoms with E-state index in [0.717, 1.165) is 25.1 Å². The molecule has 2 atom stereocenters. The normalized spacial score (nSPS) is 20.9. The molecule has 2 aromatic rings. The van der Waals surface area contributed by atoms with Gasteiger partial charge in [-0.15, -0.1) is 0 Å². The first-order chi connectivity index (χ1) is 12.9. The van der Waals surface area contributed by atoms with Crippen LogP contribution in [0.3, 0.4) is 0 Å². The van der Waals surface area contributed by atoms with Crippen LogP contribution in [0.5, 0.6) is 11.5 Å². The number of nitrogens with one attached hydrogen (secondary N) is 2. The maximum Gasteiger partial charge on any atom is 0.339 e. The fraction of sp³-hybridized carbons (Fsp3) is 0.316. The first-order valence-corrected chi connectivity index (χ1v) is 10.2. The van der Waals surface area contributed by atoms with Crippen molar-refractivity contribution >= 4 is 21.7 Å². The van der Waals surface area contributed by atoms with Gasteiger partial charge in [-0.2, -0.15) is 8.42 Å². The second kappa shape index (κ2) is 6.86. The summed E-state index contributed by atoms with van der Waals surface area (Å²) in [5.74, 6) is 1.01. The predicted octanol–water partition coefficient (Wildman–Crippen LogP) is 2.25. The third-order valence-electron chi connectivity index (χ3n) is 4.76. The Balaban J connectivity index is 1.53. The summed E-state index contributed by atoms with van der Waals surface area (Å²) in [5, 5.41) is 5.89. The maximum absolute atomic E-state index is 12.5. The summed E-state index contributed by atoms with van der Waals surface area (Å²) in [6, 6.07) is 11.0. The quantitative estimate of drug-likeness (QED) is 0.781. The molecular formula is C19H20N2O5S. The predicted molar refractivity (Wildman–Crippen MR) is 99.6 cm³/mol. The number of rotatable bonds is 4. The molecular weight excluding hydrogens is 368 g/mol. The Bertz CT molecular complexity index is 972. The zero-order chi connectivity index (χ0) is 19.0. The average molecular weight is 388 g/mol. The molecule has 0 aliphatic carbocycles. The van der Waals surface area contributed by atoms with Crippen LogP contribution in [0.25, 0.3) is 0 Å². The minimum atomic E-state index is -3.98. The molecule has 1 saturated heterocycles. The van der Waals surface area contributed by atoms with Crippen LogP contribution in [0.15, 0.2) is 47.4 Å². The average Bonchev–Trinajstić information content (AvgIpc) is 2.99. The summed E-state index contributed by atoms with van der Waals surface area (Å²) in [6.07, 6.45) is 1.08. The van der Waals surface area contributed by atoms with Gasteiger partial charge in [0.2, 0.25) is 5.91 Å². The highest BCUT2D eigenvalue weighted by Gasteiger charge is 2.36. The summed E-state index contributed by atoms with van der Waals surface area (Å²) in [4.78, 5) is 11.1. The van der Waals surface area contributed by atoms with Crippen molar-refractivity contribution in [2.24, 2.45) is 0 Å². The molecule has 1 amide bonds. The largest absolute Gasteiger partial charge is 0.488 e. The Hall–Kier alpha value is -2.58. The number of benzene rings is 2. The molecule has 0 bridgehead atoms. The molecule has 142 valence electrons. The van der Waals surface area contributed by atoms with Crippen LogP contribution < -0.4 is 19.6 Å². The molecule has 0 spiro atoms. The number of carbonyl (C=O) groups excluding carboxylic acids is 1. The van der Waals surface area contributed by atoms with E-state index in [1.54, 1.807) is 12.1 Å².